The lowest BCUT2D eigenvalue weighted by Gasteiger charge is -2.08. The maximum atomic E-state index is 5.40. The molecular formula is C14H21NO. The summed E-state index contributed by atoms with van der Waals surface area (Å²) in [4.78, 5) is 0. The van der Waals surface area contributed by atoms with E-state index in [9.17, 15) is 0 Å². The van der Waals surface area contributed by atoms with Crippen LogP contribution in [-0.2, 0) is 11.3 Å². The third-order valence-corrected chi connectivity index (χ3v) is 2.35. The van der Waals surface area contributed by atoms with E-state index in [1.54, 1.807) is 0 Å². The Balaban J connectivity index is 2.12. The van der Waals surface area contributed by atoms with E-state index in [1.165, 1.54) is 11.1 Å². The van der Waals surface area contributed by atoms with Crippen LogP contribution in [-0.4, -0.2) is 19.8 Å². The first kappa shape index (κ1) is 12.9. The molecule has 2 heteroatoms. The Labute approximate surface area is 98.3 Å². The number of benzene rings is 1. The fourth-order valence-electron chi connectivity index (χ4n) is 1.42. The van der Waals surface area contributed by atoms with E-state index in [4.69, 9.17) is 4.74 Å². The summed E-state index contributed by atoms with van der Waals surface area (Å²) in [6, 6.07) is 8.42. The van der Waals surface area contributed by atoms with Crippen LogP contribution in [0.15, 0.2) is 36.4 Å². The second-order valence-electron chi connectivity index (χ2n) is 4.11. The molecule has 88 valence electrons. The van der Waals surface area contributed by atoms with Gasteiger partial charge < -0.3 is 10.1 Å². The lowest BCUT2D eigenvalue weighted by atomic mass is 10.1. The van der Waals surface area contributed by atoms with Crippen molar-refractivity contribution in [1.82, 2.24) is 5.32 Å². The van der Waals surface area contributed by atoms with Crippen molar-refractivity contribution < 1.29 is 4.74 Å². The first-order valence-electron chi connectivity index (χ1n) is 5.67. The zero-order valence-corrected chi connectivity index (χ0v) is 10.3. The van der Waals surface area contributed by atoms with Crippen LogP contribution < -0.4 is 5.32 Å². The van der Waals surface area contributed by atoms with Crippen LogP contribution >= 0.6 is 0 Å². The van der Waals surface area contributed by atoms with Gasteiger partial charge in [-0.2, -0.15) is 0 Å². The molecule has 1 aromatic carbocycles. The Morgan fingerprint density at radius 3 is 2.81 bits per heavy atom. The van der Waals surface area contributed by atoms with Crippen molar-refractivity contribution in [3.63, 3.8) is 0 Å². The van der Waals surface area contributed by atoms with Crippen molar-refractivity contribution in [2.24, 2.45) is 0 Å². The number of hydrogen-bond acceptors (Lipinski definition) is 2. The summed E-state index contributed by atoms with van der Waals surface area (Å²) < 4.78 is 5.40. The molecule has 1 rings (SSSR count). The Bertz CT molecular complexity index is 333. The topological polar surface area (TPSA) is 21.3 Å². The molecule has 1 N–H and O–H groups in total. The molecule has 0 aromatic heterocycles. The van der Waals surface area contributed by atoms with E-state index in [1.807, 2.05) is 6.92 Å². The summed E-state index contributed by atoms with van der Waals surface area (Å²) in [5.41, 5.74) is 3.75. The minimum absolute atomic E-state index is 0.659. The van der Waals surface area contributed by atoms with Gasteiger partial charge in [0, 0.05) is 13.1 Å². The average Bonchev–Trinajstić information content (AvgIpc) is 2.25. The van der Waals surface area contributed by atoms with Crippen LogP contribution in [0.3, 0.4) is 0 Å². The summed E-state index contributed by atoms with van der Waals surface area (Å²) in [5.74, 6) is 0. The summed E-state index contributed by atoms with van der Waals surface area (Å²) in [6.07, 6.45) is 0. The minimum Gasteiger partial charge on any atom is -0.376 e. The molecular weight excluding hydrogens is 198 g/mol. The molecule has 16 heavy (non-hydrogen) atoms. The van der Waals surface area contributed by atoms with Crippen molar-refractivity contribution in [1.29, 1.82) is 0 Å². The largest absolute Gasteiger partial charge is 0.376 e. The highest BCUT2D eigenvalue weighted by Crippen LogP contribution is 2.05. The van der Waals surface area contributed by atoms with Gasteiger partial charge in [-0.1, -0.05) is 36.4 Å². The van der Waals surface area contributed by atoms with E-state index >= 15 is 0 Å². The fraction of sp³-hybridized carbons (Fsp3) is 0.429. The molecule has 0 fully saturated rings. The van der Waals surface area contributed by atoms with E-state index in [2.05, 4.69) is 43.1 Å². The van der Waals surface area contributed by atoms with Crippen LogP contribution in [0, 0.1) is 6.92 Å². The first-order valence-corrected chi connectivity index (χ1v) is 5.67. The monoisotopic (exact) mass is 219 g/mol. The number of nitrogens with one attached hydrogen (secondary N) is 1. The van der Waals surface area contributed by atoms with Gasteiger partial charge >= 0.3 is 0 Å². The van der Waals surface area contributed by atoms with Gasteiger partial charge in [-0.05, 0) is 25.0 Å². The first-order chi connectivity index (χ1) is 7.70. The smallest absolute Gasteiger partial charge is 0.0672 e. The molecule has 0 aliphatic heterocycles. The quantitative estimate of drug-likeness (QED) is 0.562. The van der Waals surface area contributed by atoms with Gasteiger partial charge in [0.15, 0.2) is 0 Å². The third-order valence-electron chi connectivity index (χ3n) is 2.35. The van der Waals surface area contributed by atoms with Gasteiger partial charge in [0.05, 0.1) is 13.2 Å². The van der Waals surface area contributed by atoms with E-state index in [0.29, 0.717) is 6.61 Å². The van der Waals surface area contributed by atoms with Crippen molar-refractivity contribution in [2.75, 3.05) is 19.8 Å². The molecule has 2 nitrogen and oxygen atoms in total. The second kappa shape index (κ2) is 7.20. The predicted molar refractivity (Wildman–Crippen MR) is 68.5 cm³/mol. The molecule has 0 heterocycles. The van der Waals surface area contributed by atoms with Crippen LogP contribution in [0.1, 0.15) is 18.1 Å². The van der Waals surface area contributed by atoms with E-state index in [-0.39, 0.29) is 0 Å². The Morgan fingerprint density at radius 1 is 1.38 bits per heavy atom. The van der Waals surface area contributed by atoms with Crippen molar-refractivity contribution in [3.05, 3.63) is 47.5 Å². The summed E-state index contributed by atoms with van der Waals surface area (Å²) in [6.45, 7) is 11.1. The highest BCUT2D eigenvalue weighted by Gasteiger charge is 1.95. The molecule has 0 saturated carbocycles. The van der Waals surface area contributed by atoms with Crippen LogP contribution in [0.5, 0.6) is 0 Å². The summed E-state index contributed by atoms with van der Waals surface area (Å²) >= 11 is 0. The molecule has 0 aliphatic carbocycles. The molecule has 0 spiro atoms. The van der Waals surface area contributed by atoms with Crippen molar-refractivity contribution in [3.8, 4) is 0 Å². The SMILES string of the molecule is C=C(C)COCCNCc1ccccc1C. The van der Waals surface area contributed by atoms with Gasteiger partial charge in [0.1, 0.15) is 0 Å². The minimum atomic E-state index is 0.659. The Morgan fingerprint density at radius 2 is 2.12 bits per heavy atom. The number of hydrogen-bond donors (Lipinski definition) is 1. The summed E-state index contributed by atoms with van der Waals surface area (Å²) in [5, 5.41) is 3.36. The van der Waals surface area contributed by atoms with Gasteiger partial charge in [-0.15, -0.1) is 0 Å². The van der Waals surface area contributed by atoms with Crippen LogP contribution in [0.25, 0.3) is 0 Å². The lowest BCUT2D eigenvalue weighted by Crippen LogP contribution is -2.20. The predicted octanol–water partition coefficient (Wildman–Crippen LogP) is 2.68. The van der Waals surface area contributed by atoms with Gasteiger partial charge in [0.2, 0.25) is 0 Å². The molecule has 0 saturated heterocycles. The standard InChI is InChI=1S/C14H21NO/c1-12(2)11-16-9-8-15-10-14-7-5-4-6-13(14)3/h4-7,15H,1,8-11H2,2-3H3. The molecule has 0 atom stereocenters. The lowest BCUT2D eigenvalue weighted by molar-refractivity contribution is 0.157. The molecule has 0 unspecified atom stereocenters. The number of rotatable bonds is 7. The molecule has 0 radical (unpaired) electrons. The van der Waals surface area contributed by atoms with Gasteiger partial charge in [-0.25, -0.2) is 0 Å². The zero-order chi connectivity index (χ0) is 11.8. The molecule has 0 bridgehead atoms. The van der Waals surface area contributed by atoms with Crippen LogP contribution in [0.2, 0.25) is 0 Å². The fourth-order valence-corrected chi connectivity index (χ4v) is 1.42. The molecule has 0 aliphatic rings. The van der Waals surface area contributed by atoms with Crippen molar-refractivity contribution in [2.45, 2.75) is 20.4 Å². The van der Waals surface area contributed by atoms with Gasteiger partial charge in [-0.3, -0.25) is 0 Å². The van der Waals surface area contributed by atoms with E-state index in [0.717, 1.165) is 25.3 Å². The highest BCUT2D eigenvalue weighted by molar-refractivity contribution is 5.25. The van der Waals surface area contributed by atoms with Gasteiger partial charge in [0.25, 0.3) is 0 Å². The summed E-state index contributed by atoms with van der Waals surface area (Å²) in [7, 11) is 0. The highest BCUT2D eigenvalue weighted by atomic mass is 16.5. The Hall–Kier alpha value is -1.12. The van der Waals surface area contributed by atoms with Crippen LogP contribution in [0.4, 0.5) is 0 Å². The third kappa shape index (κ3) is 5.10. The molecule has 1 aromatic rings. The average molecular weight is 219 g/mol. The maximum absolute atomic E-state index is 5.40. The normalized spacial score (nSPS) is 10.4. The Kier molecular flexibility index (Phi) is 5.83. The number of ether oxygens (including phenoxy) is 1. The zero-order valence-electron chi connectivity index (χ0n) is 10.3. The number of aryl methyl sites for hydroxylation is 1. The maximum Gasteiger partial charge on any atom is 0.0672 e. The second-order valence-corrected chi connectivity index (χ2v) is 4.11. The van der Waals surface area contributed by atoms with E-state index < -0.39 is 0 Å². The van der Waals surface area contributed by atoms with Crippen molar-refractivity contribution >= 4 is 0 Å². The molecule has 0 amide bonds.